The van der Waals surface area contributed by atoms with Crippen LogP contribution < -0.4 is 25.8 Å². The van der Waals surface area contributed by atoms with Crippen LogP contribution in [0.15, 0.2) is 47.4 Å². The molecular weight excluding hydrogens is 632 g/mol. The number of nitrogens with zero attached hydrogens (tertiary/aromatic N) is 5. The lowest BCUT2D eigenvalue weighted by atomic mass is 9.90. The van der Waals surface area contributed by atoms with Crippen molar-refractivity contribution in [3.05, 3.63) is 80.5 Å². The Bertz CT molecular complexity index is 1990. The fraction of sp³-hybridized carbons (Fsp3) is 0.355. The SMILES string of the molecule is CC(=O)Nc1ccc(C2CCN(c3nc4c([C@@H](C)Nc5ccc(Cl)nc5C(=O)NS(C)(=O)=O)cc(C)cc4c(=O)n3C)CC2)cn1. The van der Waals surface area contributed by atoms with Crippen LogP contribution in [-0.4, -0.2) is 59.1 Å². The van der Waals surface area contributed by atoms with Gasteiger partial charge in [0, 0.05) is 38.8 Å². The molecule has 0 bridgehead atoms. The van der Waals surface area contributed by atoms with Crippen molar-refractivity contribution in [3.63, 3.8) is 0 Å². The number of fused-ring (bicyclic) bond motifs is 1. The summed E-state index contributed by atoms with van der Waals surface area (Å²) < 4.78 is 26.9. The molecule has 4 aromatic rings. The summed E-state index contributed by atoms with van der Waals surface area (Å²) in [4.78, 5) is 53.3. The predicted octanol–water partition coefficient (Wildman–Crippen LogP) is 3.89. The Morgan fingerprint density at radius 3 is 2.43 bits per heavy atom. The standard InChI is InChI=1S/C31H35ClN8O5S/c1-17-14-22(18(2)34-24-7-8-25(32)36-28(24)29(42)38-46(5,44)45)27-23(15-17)30(43)39(4)31(37-27)40-12-10-20(11-13-40)21-6-9-26(33-16-21)35-19(3)41/h6-9,14-16,18,20,34H,10-13H2,1-5H3,(H,38,42)(H,33,35,41)/t18-/m1/s1. The lowest BCUT2D eigenvalue weighted by Gasteiger charge is -2.34. The molecule has 0 saturated carbocycles. The molecule has 46 heavy (non-hydrogen) atoms. The van der Waals surface area contributed by atoms with Crippen LogP contribution in [0, 0.1) is 6.92 Å². The van der Waals surface area contributed by atoms with E-state index in [0.29, 0.717) is 35.8 Å². The molecule has 0 aliphatic carbocycles. The Labute approximate surface area is 271 Å². The van der Waals surface area contributed by atoms with Crippen LogP contribution in [0.3, 0.4) is 0 Å². The van der Waals surface area contributed by atoms with Crippen molar-refractivity contribution in [2.24, 2.45) is 7.05 Å². The molecule has 1 fully saturated rings. The summed E-state index contributed by atoms with van der Waals surface area (Å²) >= 11 is 6.04. The third-order valence-electron chi connectivity index (χ3n) is 7.86. The second kappa shape index (κ2) is 13.0. The van der Waals surface area contributed by atoms with Gasteiger partial charge in [-0.25, -0.2) is 28.1 Å². The van der Waals surface area contributed by atoms with Gasteiger partial charge in [0.15, 0.2) is 5.69 Å². The maximum atomic E-state index is 13.7. The average molecular weight is 667 g/mol. The van der Waals surface area contributed by atoms with Crippen molar-refractivity contribution in [2.45, 2.75) is 45.6 Å². The number of carbonyl (C=O) groups excluding carboxylic acids is 2. The van der Waals surface area contributed by atoms with Crippen LogP contribution in [0.5, 0.6) is 0 Å². The van der Waals surface area contributed by atoms with Gasteiger partial charge < -0.3 is 15.5 Å². The van der Waals surface area contributed by atoms with Crippen LogP contribution in [0.1, 0.15) is 65.8 Å². The molecule has 1 aliphatic heterocycles. The first-order chi connectivity index (χ1) is 21.7. The van der Waals surface area contributed by atoms with Crippen molar-refractivity contribution in [1.82, 2.24) is 24.2 Å². The Kier molecular flexibility index (Phi) is 9.31. The first-order valence-electron chi connectivity index (χ1n) is 14.6. The van der Waals surface area contributed by atoms with Gasteiger partial charge in [0.05, 0.1) is 28.9 Å². The Morgan fingerprint density at radius 2 is 1.80 bits per heavy atom. The molecule has 15 heteroatoms. The van der Waals surface area contributed by atoms with Crippen molar-refractivity contribution in [3.8, 4) is 0 Å². The smallest absolute Gasteiger partial charge is 0.285 e. The minimum absolute atomic E-state index is 0.0229. The highest BCUT2D eigenvalue weighted by Crippen LogP contribution is 2.32. The number of nitrogens with one attached hydrogen (secondary N) is 3. The van der Waals surface area contributed by atoms with E-state index in [2.05, 4.69) is 25.5 Å². The second-order valence-corrected chi connectivity index (χ2v) is 13.7. The zero-order valence-electron chi connectivity index (χ0n) is 26.1. The number of amides is 2. The molecule has 0 radical (unpaired) electrons. The van der Waals surface area contributed by atoms with E-state index in [1.807, 2.05) is 36.8 Å². The summed E-state index contributed by atoms with van der Waals surface area (Å²) in [6.07, 6.45) is 4.33. The topological polar surface area (TPSA) is 168 Å². The van der Waals surface area contributed by atoms with Gasteiger partial charge in [-0.3, -0.25) is 19.0 Å². The number of pyridine rings is 2. The highest BCUT2D eigenvalue weighted by molar-refractivity contribution is 7.89. The number of carbonyl (C=O) groups is 2. The number of rotatable bonds is 8. The van der Waals surface area contributed by atoms with E-state index in [1.54, 1.807) is 29.9 Å². The van der Waals surface area contributed by atoms with Gasteiger partial charge in [-0.05, 0) is 68.0 Å². The fourth-order valence-corrected chi connectivity index (χ4v) is 6.30. The number of hydrogen-bond acceptors (Lipinski definition) is 10. The van der Waals surface area contributed by atoms with Crippen LogP contribution in [-0.2, 0) is 21.9 Å². The number of benzene rings is 1. The largest absolute Gasteiger partial charge is 0.377 e. The first kappa shape index (κ1) is 32.8. The third-order valence-corrected chi connectivity index (χ3v) is 8.63. The molecule has 13 nitrogen and oxygen atoms in total. The summed E-state index contributed by atoms with van der Waals surface area (Å²) in [5.74, 6) is 0.241. The molecular formula is C31H35ClN8O5S. The molecule has 3 aromatic heterocycles. The van der Waals surface area contributed by atoms with Crippen molar-refractivity contribution in [1.29, 1.82) is 0 Å². The average Bonchev–Trinajstić information content (AvgIpc) is 2.99. The lowest BCUT2D eigenvalue weighted by molar-refractivity contribution is -0.114. The molecule has 0 spiro atoms. The maximum absolute atomic E-state index is 13.7. The highest BCUT2D eigenvalue weighted by atomic mass is 35.5. The normalized spacial score (nSPS) is 14.6. The third kappa shape index (κ3) is 7.29. The van der Waals surface area contributed by atoms with Gasteiger partial charge in [-0.1, -0.05) is 23.7 Å². The van der Waals surface area contributed by atoms with Gasteiger partial charge in [0.2, 0.25) is 21.9 Å². The molecule has 1 aromatic carbocycles. The Morgan fingerprint density at radius 1 is 1.09 bits per heavy atom. The number of anilines is 3. The predicted molar refractivity (Wildman–Crippen MR) is 178 cm³/mol. The van der Waals surface area contributed by atoms with Gasteiger partial charge in [0.25, 0.3) is 11.5 Å². The molecule has 242 valence electrons. The quantitative estimate of drug-likeness (QED) is 0.235. The Balaban J connectivity index is 1.43. The van der Waals surface area contributed by atoms with Crippen LogP contribution in [0.2, 0.25) is 5.15 Å². The highest BCUT2D eigenvalue weighted by Gasteiger charge is 2.26. The summed E-state index contributed by atoms with van der Waals surface area (Å²) in [6, 6.07) is 10.1. The summed E-state index contributed by atoms with van der Waals surface area (Å²) in [5.41, 5.74) is 3.08. The number of hydrogen-bond donors (Lipinski definition) is 3. The minimum atomic E-state index is -3.84. The van der Waals surface area contributed by atoms with Crippen molar-refractivity contribution >= 4 is 61.8 Å². The minimum Gasteiger partial charge on any atom is -0.377 e. The molecule has 1 saturated heterocycles. The molecule has 1 aliphatic rings. The zero-order chi connectivity index (χ0) is 33.3. The number of aryl methyl sites for hydroxylation is 1. The van der Waals surface area contributed by atoms with Crippen LogP contribution >= 0.6 is 11.6 Å². The summed E-state index contributed by atoms with van der Waals surface area (Å²) in [6.45, 7) is 6.54. The van der Waals surface area contributed by atoms with E-state index < -0.39 is 22.0 Å². The maximum Gasteiger partial charge on any atom is 0.285 e. The van der Waals surface area contributed by atoms with Crippen LogP contribution in [0.25, 0.3) is 10.9 Å². The number of halogens is 1. The van der Waals surface area contributed by atoms with Gasteiger partial charge >= 0.3 is 0 Å². The van der Waals surface area contributed by atoms with Crippen molar-refractivity contribution in [2.75, 3.05) is 34.9 Å². The van der Waals surface area contributed by atoms with E-state index in [-0.39, 0.29) is 33.9 Å². The Hall–Kier alpha value is -4.56. The molecule has 3 N–H and O–H groups in total. The molecule has 0 unspecified atom stereocenters. The molecule has 4 heterocycles. The second-order valence-electron chi connectivity index (χ2n) is 11.5. The van der Waals surface area contributed by atoms with E-state index in [9.17, 15) is 22.8 Å². The van der Waals surface area contributed by atoms with E-state index in [0.717, 1.165) is 35.8 Å². The molecule has 5 rings (SSSR count). The monoisotopic (exact) mass is 666 g/mol. The van der Waals surface area contributed by atoms with E-state index >= 15 is 0 Å². The van der Waals surface area contributed by atoms with Crippen LogP contribution in [0.4, 0.5) is 17.5 Å². The fourth-order valence-electron chi connectivity index (χ4n) is 5.72. The first-order valence-corrected chi connectivity index (χ1v) is 16.9. The van der Waals surface area contributed by atoms with Gasteiger partial charge in [-0.2, -0.15) is 0 Å². The van der Waals surface area contributed by atoms with E-state index in [1.165, 1.54) is 13.0 Å². The number of sulfonamides is 1. The summed E-state index contributed by atoms with van der Waals surface area (Å²) in [7, 11) is -2.13. The van der Waals surface area contributed by atoms with Gasteiger partial charge in [0.1, 0.15) is 11.0 Å². The molecule has 1 atom stereocenters. The zero-order valence-corrected chi connectivity index (χ0v) is 27.7. The number of piperidine rings is 1. The summed E-state index contributed by atoms with van der Waals surface area (Å²) in [5, 5.41) is 6.41. The lowest BCUT2D eigenvalue weighted by Crippen LogP contribution is -2.37. The number of aromatic nitrogens is 4. The van der Waals surface area contributed by atoms with Gasteiger partial charge in [-0.15, -0.1) is 0 Å². The van der Waals surface area contributed by atoms with E-state index in [4.69, 9.17) is 16.6 Å². The molecule has 2 amide bonds. The van der Waals surface area contributed by atoms with Crippen molar-refractivity contribution < 1.29 is 18.0 Å².